The maximum absolute atomic E-state index is 13.8. The first-order chi connectivity index (χ1) is 15.0. The summed E-state index contributed by atoms with van der Waals surface area (Å²) in [4.78, 5) is 16.8. The number of nitrogens with one attached hydrogen (secondary N) is 2. The quantitative estimate of drug-likeness (QED) is 0.312. The highest BCUT2D eigenvalue weighted by Crippen LogP contribution is 2.32. The highest BCUT2D eigenvalue weighted by molar-refractivity contribution is 9.10. The van der Waals surface area contributed by atoms with E-state index < -0.39 is 5.82 Å². The van der Waals surface area contributed by atoms with Gasteiger partial charge in [0.05, 0.1) is 29.1 Å². The summed E-state index contributed by atoms with van der Waals surface area (Å²) in [5.74, 6) is 0.0175. The van der Waals surface area contributed by atoms with Gasteiger partial charge in [-0.25, -0.2) is 9.37 Å². The molecule has 0 spiro atoms. The minimum Gasteiger partial charge on any atom is -0.494 e. The molecule has 0 fully saturated rings. The first-order valence-electron chi connectivity index (χ1n) is 9.64. The standard InChI is InChI=1S/C23H19BrFN3O2S/c1-2-30-17-8-10-20-21(12-17)31-23(28-20)14-3-6-16(7-4-14)26-13-22(29)27-19-9-5-15(24)11-18(19)25/h3-12,26H,2,13H2,1H3,(H,27,29). The van der Waals surface area contributed by atoms with Gasteiger partial charge in [-0.1, -0.05) is 15.9 Å². The van der Waals surface area contributed by atoms with Gasteiger partial charge in [-0.05, 0) is 67.6 Å². The number of halogens is 2. The topological polar surface area (TPSA) is 63.2 Å². The van der Waals surface area contributed by atoms with Crippen molar-refractivity contribution in [3.8, 4) is 16.3 Å². The highest BCUT2D eigenvalue weighted by Gasteiger charge is 2.09. The van der Waals surface area contributed by atoms with Crippen molar-refractivity contribution in [3.05, 3.63) is 71.0 Å². The zero-order chi connectivity index (χ0) is 21.8. The molecule has 0 saturated heterocycles. The van der Waals surface area contributed by atoms with Gasteiger partial charge in [0.15, 0.2) is 0 Å². The second-order valence-corrected chi connectivity index (χ2v) is 8.63. The molecule has 1 aromatic heterocycles. The van der Waals surface area contributed by atoms with Crippen LogP contribution < -0.4 is 15.4 Å². The van der Waals surface area contributed by atoms with Crippen LogP contribution in [0.4, 0.5) is 15.8 Å². The van der Waals surface area contributed by atoms with E-state index in [4.69, 9.17) is 4.74 Å². The number of benzene rings is 3. The van der Waals surface area contributed by atoms with Crippen LogP contribution >= 0.6 is 27.3 Å². The average Bonchev–Trinajstić information content (AvgIpc) is 3.18. The summed E-state index contributed by atoms with van der Waals surface area (Å²) in [6.07, 6.45) is 0. The molecule has 0 aliphatic carbocycles. The normalized spacial score (nSPS) is 10.8. The fourth-order valence-electron chi connectivity index (χ4n) is 2.98. The Labute approximate surface area is 191 Å². The fourth-order valence-corrected chi connectivity index (χ4v) is 4.32. The fraction of sp³-hybridized carbons (Fsp3) is 0.130. The molecule has 0 radical (unpaired) electrons. The Hall–Kier alpha value is -2.97. The lowest BCUT2D eigenvalue weighted by Crippen LogP contribution is -2.22. The smallest absolute Gasteiger partial charge is 0.243 e. The number of fused-ring (bicyclic) bond motifs is 1. The van der Waals surface area contributed by atoms with Crippen LogP contribution in [0.3, 0.4) is 0 Å². The van der Waals surface area contributed by atoms with E-state index in [2.05, 4.69) is 31.5 Å². The Morgan fingerprint density at radius 2 is 1.94 bits per heavy atom. The Morgan fingerprint density at radius 3 is 2.68 bits per heavy atom. The number of aromatic nitrogens is 1. The molecule has 158 valence electrons. The Kier molecular flexibility index (Phi) is 6.48. The Bertz CT molecular complexity index is 1230. The summed E-state index contributed by atoms with van der Waals surface area (Å²) < 4.78 is 21.1. The number of hydrogen-bond donors (Lipinski definition) is 2. The van der Waals surface area contributed by atoms with Crippen LogP contribution in [0.15, 0.2) is 65.1 Å². The number of nitrogens with zero attached hydrogens (tertiary/aromatic N) is 1. The lowest BCUT2D eigenvalue weighted by molar-refractivity contribution is -0.114. The Balaban J connectivity index is 1.39. The van der Waals surface area contributed by atoms with E-state index in [1.165, 1.54) is 12.1 Å². The summed E-state index contributed by atoms with van der Waals surface area (Å²) in [6.45, 7) is 2.61. The van der Waals surface area contributed by atoms with E-state index >= 15 is 0 Å². The van der Waals surface area contributed by atoms with Crippen molar-refractivity contribution in [2.24, 2.45) is 0 Å². The van der Waals surface area contributed by atoms with Crippen molar-refractivity contribution in [3.63, 3.8) is 0 Å². The van der Waals surface area contributed by atoms with Gasteiger partial charge in [0.2, 0.25) is 5.91 Å². The van der Waals surface area contributed by atoms with Crippen molar-refractivity contribution in [1.82, 2.24) is 4.98 Å². The lowest BCUT2D eigenvalue weighted by Gasteiger charge is -2.09. The van der Waals surface area contributed by atoms with Crippen LogP contribution in [0.1, 0.15) is 6.92 Å². The van der Waals surface area contributed by atoms with E-state index in [0.717, 1.165) is 32.2 Å². The summed E-state index contributed by atoms with van der Waals surface area (Å²) in [5.41, 5.74) is 2.86. The van der Waals surface area contributed by atoms with Crippen molar-refractivity contribution in [1.29, 1.82) is 0 Å². The predicted molar refractivity (Wildman–Crippen MR) is 127 cm³/mol. The predicted octanol–water partition coefficient (Wildman–Crippen LogP) is 6.31. The number of carbonyl (C=O) groups is 1. The molecule has 0 unspecified atom stereocenters. The van der Waals surface area contributed by atoms with Crippen LogP contribution in [-0.2, 0) is 4.79 Å². The number of rotatable bonds is 7. The summed E-state index contributed by atoms with van der Waals surface area (Å²) in [6, 6.07) is 18.1. The molecule has 5 nitrogen and oxygen atoms in total. The molecule has 31 heavy (non-hydrogen) atoms. The molecule has 1 amide bonds. The summed E-state index contributed by atoms with van der Waals surface area (Å²) in [7, 11) is 0. The van der Waals surface area contributed by atoms with Crippen molar-refractivity contribution < 1.29 is 13.9 Å². The number of carbonyl (C=O) groups excluding carboxylic acids is 1. The summed E-state index contributed by atoms with van der Waals surface area (Å²) >= 11 is 4.79. The molecule has 4 rings (SSSR count). The maximum atomic E-state index is 13.8. The van der Waals surface area contributed by atoms with Crippen LogP contribution in [0.2, 0.25) is 0 Å². The van der Waals surface area contributed by atoms with Crippen LogP contribution in [0, 0.1) is 5.82 Å². The number of amides is 1. The van der Waals surface area contributed by atoms with Gasteiger partial charge in [0, 0.05) is 15.7 Å². The number of hydrogen-bond acceptors (Lipinski definition) is 5. The third-order valence-corrected chi connectivity index (χ3v) is 6.02. The van der Waals surface area contributed by atoms with Gasteiger partial charge in [-0.3, -0.25) is 4.79 Å². The minimum absolute atomic E-state index is 0.0240. The van der Waals surface area contributed by atoms with Gasteiger partial charge in [-0.15, -0.1) is 11.3 Å². The molecule has 4 aromatic rings. The molecule has 2 N–H and O–H groups in total. The SMILES string of the molecule is CCOc1ccc2nc(-c3ccc(NCC(=O)Nc4ccc(Br)cc4F)cc3)sc2c1. The lowest BCUT2D eigenvalue weighted by atomic mass is 10.2. The molecular weight excluding hydrogens is 481 g/mol. The average molecular weight is 500 g/mol. The first-order valence-corrected chi connectivity index (χ1v) is 11.3. The zero-order valence-electron chi connectivity index (χ0n) is 16.6. The zero-order valence-corrected chi connectivity index (χ0v) is 19.0. The third kappa shape index (κ3) is 5.21. The van der Waals surface area contributed by atoms with E-state index in [1.807, 2.05) is 49.4 Å². The van der Waals surface area contributed by atoms with Crippen LogP contribution in [0.5, 0.6) is 5.75 Å². The van der Waals surface area contributed by atoms with E-state index in [9.17, 15) is 9.18 Å². The van der Waals surface area contributed by atoms with E-state index in [0.29, 0.717) is 11.1 Å². The third-order valence-electron chi connectivity index (χ3n) is 4.46. The number of thiazole rings is 1. The van der Waals surface area contributed by atoms with Gasteiger partial charge in [-0.2, -0.15) is 0 Å². The van der Waals surface area contributed by atoms with E-state index in [-0.39, 0.29) is 18.1 Å². The number of ether oxygens (including phenoxy) is 1. The number of anilines is 2. The molecule has 0 bridgehead atoms. The van der Waals surface area contributed by atoms with Crippen LogP contribution in [0.25, 0.3) is 20.8 Å². The van der Waals surface area contributed by atoms with Gasteiger partial charge < -0.3 is 15.4 Å². The van der Waals surface area contributed by atoms with Crippen molar-refractivity contribution >= 4 is 54.8 Å². The molecule has 0 aliphatic rings. The first kappa shape index (κ1) is 21.3. The summed E-state index contributed by atoms with van der Waals surface area (Å²) in [5, 5.41) is 6.52. The molecule has 0 aliphatic heterocycles. The van der Waals surface area contributed by atoms with Gasteiger partial charge >= 0.3 is 0 Å². The second kappa shape index (κ2) is 9.45. The van der Waals surface area contributed by atoms with Crippen molar-refractivity contribution in [2.75, 3.05) is 23.8 Å². The largest absolute Gasteiger partial charge is 0.494 e. The van der Waals surface area contributed by atoms with Gasteiger partial charge in [0.25, 0.3) is 0 Å². The molecule has 0 atom stereocenters. The molecule has 0 saturated carbocycles. The molecular formula is C23H19BrFN3O2S. The molecule has 3 aromatic carbocycles. The highest BCUT2D eigenvalue weighted by atomic mass is 79.9. The molecule has 8 heteroatoms. The molecule has 1 heterocycles. The van der Waals surface area contributed by atoms with Crippen LogP contribution in [-0.4, -0.2) is 24.0 Å². The Morgan fingerprint density at radius 1 is 1.13 bits per heavy atom. The maximum Gasteiger partial charge on any atom is 0.243 e. The van der Waals surface area contributed by atoms with Crippen molar-refractivity contribution in [2.45, 2.75) is 6.92 Å². The van der Waals surface area contributed by atoms with E-state index in [1.54, 1.807) is 17.4 Å². The van der Waals surface area contributed by atoms with Gasteiger partial charge in [0.1, 0.15) is 16.6 Å². The second-order valence-electron chi connectivity index (χ2n) is 6.68. The minimum atomic E-state index is -0.490. The monoisotopic (exact) mass is 499 g/mol.